The normalized spacial score (nSPS) is 14.5. The minimum absolute atomic E-state index is 0.00845. The van der Waals surface area contributed by atoms with E-state index in [0.29, 0.717) is 19.3 Å². The molecule has 0 rings (SSSR count). The fraction of sp³-hybridized carbons (Fsp3) is 0.585. The van der Waals surface area contributed by atoms with Gasteiger partial charge < -0.3 is 20.3 Å². The molecule has 0 aliphatic heterocycles. The third-order valence-electron chi connectivity index (χ3n) is 9.79. The molecule has 0 bridgehead atoms. The molecule has 0 saturated heterocycles. The zero-order chi connectivity index (χ0) is 43.1. The number of allylic oxidation sites excluding steroid dienone is 20. The van der Waals surface area contributed by atoms with Crippen molar-refractivity contribution in [3.8, 4) is 0 Å². The number of aliphatic hydroxyl groups is 2. The summed E-state index contributed by atoms with van der Waals surface area (Å²) in [6.45, 7) is 6.13. The Kier molecular flexibility index (Phi) is 42.5. The Morgan fingerprint density at radius 1 is 0.508 bits per heavy atom. The number of ether oxygens (including phenoxy) is 1. The molecule has 0 saturated carbocycles. The first-order valence-electron chi connectivity index (χ1n) is 23.4. The van der Waals surface area contributed by atoms with E-state index in [0.717, 1.165) is 51.4 Å². The van der Waals surface area contributed by atoms with Gasteiger partial charge in [-0.2, -0.15) is 0 Å². The third-order valence-corrected chi connectivity index (χ3v) is 9.79. The predicted molar refractivity (Wildman–Crippen MR) is 254 cm³/mol. The average Bonchev–Trinajstić information content (AvgIpc) is 3.23. The molecule has 1 amide bonds. The van der Waals surface area contributed by atoms with Crippen LogP contribution >= 0.6 is 0 Å². The molecule has 3 unspecified atom stereocenters. The number of hydrogen-bond donors (Lipinski definition) is 3. The van der Waals surface area contributed by atoms with Crippen molar-refractivity contribution in [3.05, 3.63) is 122 Å². The quantitative estimate of drug-likeness (QED) is 0.0326. The summed E-state index contributed by atoms with van der Waals surface area (Å²) in [4.78, 5) is 26.0. The number of carbonyl (C=O) groups excluding carboxylic acids is 2. The van der Waals surface area contributed by atoms with Gasteiger partial charge in [0.05, 0.1) is 25.2 Å². The molecule has 59 heavy (non-hydrogen) atoms. The van der Waals surface area contributed by atoms with Gasteiger partial charge in [0.2, 0.25) is 5.91 Å². The molecule has 0 aromatic heterocycles. The number of carbonyl (C=O) groups is 2. The second-order valence-corrected chi connectivity index (χ2v) is 15.3. The largest absolute Gasteiger partial charge is 0.462 e. The number of unbranched alkanes of at least 4 members (excludes halogenated alkanes) is 15. The Morgan fingerprint density at radius 2 is 0.915 bits per heavy atom. The zero-order valence-corrected chi connectivity index (χ0v) is 37.6. The third kappa shape index (κ3) is 40.8. The van der Waals surface area contributed by atoms with Gasteiger partial charge in [0.25, 0.3) is 0 Å². The molecule has 0 aliphatic rings. The fourth-order valence-corrected chi connectivity index (χ4v) is 6.31. The van der Waals surface area contributed by atoms with Crippen molar-refractivity contribution in [2.45, 2.75) is 193 Å². The summed E-state index contributed by atoms with van der Waals surface area (Å²) in [5.41, 5.74) is 0. The van der Waals surface area contributed by atoms with Crippen molar-refractivity contribution < 1.29 is 24.5 Å². The van der Waals surface area contributed by atoms with Crippen LogP contribution in [0.15, 0.2) is 122 Å². The lowest BCUT2D eigenvalue weighted by Crippen LogP contribution is -2.46. The molecule has 3 atom stereocenters. The van der Waals surface area contributed by atoms with Crippen LogP contribution in [0.3, 0.4) is 0 Å². The molecule has 0 aromatic carbocycles. The molecule has 0 fully saturated rings. The van der Waals surface area contributed by atoms with Crippen LogP contribution in [0, 0.1) is 0 Å². The SMILES string of the molecule is CC/C=C/C=C/C=C\C=C/C=C/CCCC(=O)OC(CCC/C=C/C=C\C=C/C=C/C=C/CC)CC(=O)NC(CO)C(O)CCCCCCCCCCCCCCCC. The minimum atomic E-state index is -0.826. The maximum atomic E-state index is 13.1. The van der Waals surface area contributed by atoms with E-state index in [9.17, 15) is 19.8 Å². The zero-order valence-electron chi connectivity index (χ0n) is 37.6. The summed E-state index contributed by atoms with van der Waals surface area (Å²) in [6, 6.07) is -0.747. The average molecular weight is 816 g/mol. The van der Waals surface area contributed by atoms with Crippen molar-refractivity contribution in [2.75, 3.05) is 6.61 Å². The summed E-state index contributed by atoms with van der Waals surface area (Å²) in [5.74, 6) is -0.650. The van der Waals surface area contributed by atoms with Gasteiger partial charge in [-0.3, -0.25) is 9.59 Å². The number of nitrogens with one attached hydrogen (secondary N) is 1. The van der Waals surface area contributed by atoms with Crippen molar-refractivity contribution >= 4 is 11.9 Å². The van der Waals surface area contributed by atoms with Crippen LogP contribution in [0.5, 0.6) is 0 Å². The molecule has 0 spiro atoms. The molecule has 6 heteroatoms. The maximum Gasteiger partial charge on any atom is 0.306 e. The number of esters is 1. The Hall–Kier alpha value is -3.74. The Morgan fingerprint density at radius 3 is 1.36 bits per heavy atom. The minimum Gasteiger partial charge on any atom is -0.462 e. The molecule has 0 aromatic rings. The van der Waals surface area contributed by atoms with E-state index in [4.69, 9.17) is 4.74 Å². The van der Waals surface area contributed by atoms with Crippen LogP contribution in [0.4, 0.5) is 0 Å². The molecular formula is C53H85NO5. The highest BCUT2D eigenvalue weighted by Crippen LogP contribution is 2.16. The summed E-state index contributed by atoms with van der Waals surface area (Å²) >= 11 is 0. The molecule has 3 N–H and O–H groups in total. The van der Waals surface area contributed by atoms with Gasteiger partial charge in [-0.05, 0) is 51.4 Å². The smallest absolute Gasteiger partial charge is 0.306 e. The van der Waals surface area contributed by atoms with Gasteiger partial charge in [0.15, 0.2) is 0 Å². The van der Waals surface area contributed by atoms with Gasteiger partial charge in [-0.15, -0.1) is 0 Å². The summed E-state index contributed by atoms with van der Waals surface area (Å²) in [5, 5.41) is 23.7. The maximum absolute atomic E-state index is 13.1. The molecule has 6 nitrogen and oxygen atoms in total. The van der Waals surface area contributed by atoms with Crippen LogP contribution in [-0.2, 0) is 14.3 Å². The highest BCUT2D eigenvalue weighted by atomic mass is 16.5. The standard InChI is InChI=1S/C53H85NO5/c1-4-7-10-13-16-19-22-25-28-30-33-36-39-42-45-51(56)50(48-55)54-52(57)47-49(44-41-38-35-32-29-26-23-20-17-14-11-8-5-2)59-53(58)46-43-40-37-34-31-27-24-21-18-15-12-9-6-3/h8-9,11-12,14-15,17-18,20-21,23-24,26-27,29,31-32,34-35,37,49-51,55-56H,4-7,10,13,16,19,22,25,28,30,33,36,38-48H2,1-3H3,(H,54,57)/b11-8+,12-9+,17-14+,18-15+,23-20-,24-21-,29-26-,31-27-,35-32+,37-34+. The van der Waals surface area contributed by atoms with Gasteiger partial charge in [-0.1, -0.05) is 232 Å². The van der Waals surface area contributed by atoms with Gasteiger partial charge in [-0.25, -0.2) is 0 Å². The van der Waals surface area contributed by atoms with E-state index in [1.807, 2.05) is 103 Å². The fourth-order valence-electron chi connectivity index (χ4n) is 6.31. The number of aliphatic hydroxyl groups excluding tert-OH is 2. The van der Waals surface area contributed by atoms with Gasteiger partial charge in [0.1, 0.15) is 6.10 Å². The van der Waals surface area contributed by atoms with Crippen LogP contribution < -0.4 is 5.32 Å². The van der Waals surface area contributed by atoms with Crippen LogP contribution in [0.1, 0.15) is 175 Å². The van der Waals surface area contributed by atoms with E-state index in [-0.39, 0.29) is 31.3 Å². The lowest BCUT2D eigenvalue weighted by Gasteiger charge is -2.24. The second kappa shape index (κ2) is 45.3. The highest BCUT2D eigenvalue weighted by molar-refractivity contribution is 5.77. The summed E-state index contributed by atoms with van der Waals surface area (Å²) in [7, 11) is 0. The van der Waals surface area contributed by atoms with Crippen LogP contribution in [-0.4, -0.2) is 46.9 Å². The number of amides is 1. The number of hydrogen-bond acceptors (Lipinski definition) is 5. The summed E-state index contributed by atoms with van der Waals surface area (Å²) in [6.07, 6.45) is 62.6. The van der Waals surface area contributed by atoms with E-state index in [1.165, 1.54) is 70.6 Å². The number of rotatable bonds is 39. The van der Waals surface area contributed by atoms with Gasteiger partial charge in [0, 0.05) is 6.42 Å². The first-order chi connectivity index (χ1) is 29.0. The Labute approximate surface area is 361 Å². The van der Waals surface area contributed by atoms with Crippen molar-refractivity contribution in [3.63, 3.8) is 0 Å². The van der Waals surface area contributed by atoms with E-state index < -0.39 is 18.2 Å². The molecule has 0 radical (unpaired) electrons. The van der Waals surface area contributed by atoms with E-state index in [1.54, 1.807) is 0 Å². The lowest BCUT2D eigenvalue weighted by molar-refractivity contribution is -0.151. The highest BCUT2D eigenvalue weighted by Gasteiger charge is 2.23. The Bertz CT molecular complexity index is 1280. The van der Waals surface area contributed by atoms with Crippen LogP contribution in [0.25, 0.3) is 0 Å². The summed E-state index contributed by atoms with van der Waals surface area (Å²) < 4.78 is 5.83. The Balaban J connectivity index is 4.83. The lowest BCUT2D eigenvalue weighted by atomic mass is 10.0. The van der Waals surface area contributed by atoms with Crippen molar-refractivity contribution in [1.29, 1.82) is 0 Å². The van der Waals surface area contributed by atoms with E-state index >= 15 is 0 Å². The molecular weight excluding hydrogens is 731 g/mol. The van der Waals surface area contributed by atoms with Crippen LogP contribution in [0.2, 0.25) is 0 Å². The monoisotopic (exact) mass is 816 g/mol. The first kappa shape index (κ1) is 55.3. The van der Waals surface area contributed by atoms with E-state index in [2.05, 4.69) is 44.3 Å². The van der Waals surface area contributed by atoms with Gasteiger partial charge >= 0.3 is 5.97 Å². The topological polar surface area (TPSA) is 95.9 Å². The van der Waals surface area contributed by atoms with Crippen molar-refractivity contribution in [2.24, 2.45) is 0 Å². The second-order valence-electron chi connectivity index (χ2n) is 15.3. The molecule has 332 valence electrons. The molecule has 0 aliphatic carbocycles. The molecule has 0 heterocycles. The van der Waals surface area contributed by atoms with Crippen molar-refractivity contribution in [1.82, 2.24) is 5.32 Å². The first-order valence-corrected chi connectivity index (χ1v) is 23.4. The predicted octanol–water partition coefficient (Wildman–Crippen LogP) is 13.7.